The molecule has 1 fully saturated rings. The highest BCUT2D eigenvalue weighted by Crippen LogP contribution is 2.31. The van der Waals surface area contributed by atoms with Gasteiger partial charge in [-0.15, -0.1) is 0 Å². The first kappa shape index (κ1) is 24.7. The summed E-state index contributed by atoms with van der Waals surface area (Å²) in [5, 5.41) is 13.9. The van der Waals surface area contributed by atoms with Crippen LogP contribution >= 0.6 is 11.6 Å². The van der Waals surface area contributed by atoms with Crippen LogP contribution in [0.25, 0.3) is 11.0 Å². The van der Waals surface area contributed by atoms with Crippen LogP contribution in [0.2, 0.25) is 5.02 Å². The number of ether oxygens (including phenoxy) is 1. The van der Waals surface area contributed by atoms with E-state index in [9.17, 15) is 14.7 Å². The molecule has 0 spiro atoms. The first-order valence-electron chi connectivity index (χ1n) is 12.1. The van der Waals surface area contributed by atoms with E-state index in [-0.39, 0.29) is 16.7 Å². The monoisotopic (exact) mass is 519 g/mol. The molecule has 0 radical (unpaired) electrons. The number of fused-ring (bicyclic) bond motifs is 1. The Labute approximate surface area is 218 Å². The van der Waals surface area contributed by atoms with Crippen molar-refractivity contribution in [2.75, 3.05) is 18.4 Å². The fourth-order valence-corrected chi connectivity index (χ4v) is 4.68. The van der Waals surface area contributed by atoms with Crippen LogP contribution < -0.4 is 10.1 Å². The van der Waals surface area contributed by atoms with Gasteiger partial charge >= 0.3 is 0 Å². The smallest absolute Gasteiger partial charge is 0.224 e. The predicted molar refractivity (Wildman–Crippen MR) is 140 cm³/mol. The standard InChI is InChI=1S/C27H26ClN5O4/c28-21-14-18(37-17-6-2-1-3-7-17)10-11-19(21)25(36)20-15-30-27-24(20)26(31-16-32-27)29-12-4-8-22(34)33-13-5-9-23(33)35/h1-3,6-7,10-11,14-16,23,35H,4-5,8-9,12-13H2,(H2,29,30,31,32). The first-order chi connectivity index (χ1) is 18.0. The van der Waals surface area contributed by atoms with E-state index in [2.05, 4.69) is 20.3 Å². The predicted octanol–water partition coefficient (Wildman–Crippen LogP) is 4.77. The molecular weight excluding hydrogens is 494 g/mol. The van der Waals surface area contributed by atoms with E-state index >= 15 is 0 Å². The maximum atomic E-state index is 13.5. The van der Waals surface area contributed by atoms with Gasteiger partial charge in [0.15, 0.2) is 5.78 Å². The number of ketones is 1. The molecule has 3 heterocycles. The Morgan fingerprint density at radius 1 is 1.14 bits per heavy atom. The minimum absolute atomic E-state index is 0.0634. The van der Waals surface area contributed by atoms with Crippen molar-refractivity contribution in [2.45, 2.75) is 31.9 Å². The molecule has 37 heavy (non-hydrogen) atoms. The van der Waals surface area contributed by atoms with Crippen molar-refractivity contribution in [3.8, 4) is 11.5 Å². The van der Waals surface area contributed by atoms with Gasteiger partial charge in [-0.05, 0) is 43.5 Å². The van der Waals surface area contributed by atoms with Crippen LogP contribution in [0, 0.1) is 0 Å². The Balaban J connectivity index is 1.29. The fraction of sp³-hybridized carbons (Fsp3) is 0.259. The lowest BCUT2D eigenvalue weighted by Crippen LogP contribution is -2.35. The van der Waals surface area contributed by atoms with Crippen molar-refractivity contribution in [2.24, 2.45) is 0 Å². The number of likely N-dealkylation sites (tertiary alicyclic amines) is 1. The minimum Gasteiger partial charge on any atom is -0.457 e. The fourth-order valence-electron chi connectivity index (χ4n) is 4.42. The molecule has 1 saturated heterocycles. The molecular formula is C27H26ClN5O4. The number of aliphatic hydroxyl groups excluding tert-OH is 1. The Morgan fingerprint density at radius 2 is 1.97 bits per heavy atom. The van der Waals surface area contributed by atoms with Gasteiger partial charge in [0.2, 0.25) is 5.91 Å². The van der Waals surface area contributed by atoms with Gasteiger partial charge in [0.1, 0.15) is 35.5 Å². The molecule has 1 aliphatic heterocycles. The Morgan fingerprint density at radius 3 is 2.73 bits per heavy atom. The van der Waals surface area contributed by atoms with E-state index in [1.807, 2.05) is 30.3 Å². The number of amides is 1. The van der Waals surface area contributed by atoms with Gasteiger partial charge in [-0.2, -0.15) is 0 Å². The molecule has 0 aliphatic carbocycles. The summed E-state index contributed by atoms with van der Waals surface area (Å²) in [6, 6.07) is 14.3. The molecule has 5 rings (SSSR count). The molecule has 1 atom stereocenters. The molecule has 9 nitrogen and oxygen atoms in total. The van der Waals surface area contributed by atoms with Gasteiger partial charge in [-0.25, -0.2) is 9.97 Å². The highest BCUT2D eigenvalue weighted by Gasteiger charge is 2.26. The van der Waals surface area contributed by atoms with Gasteiger partial charge in [0, 0.05) is 37.3 Å². The van der Waals surface area contributed by atoms with Crippen molar-refractivity contribution in [1.82, 2.24) is 19.9 Å². The average molecular weight is 520 g/mol. The zero-order chi connectivity index (χ0) is 25.8. The van der Waals surface area contributed by atoms with E-state index in [4.69, 9.17) is 16.3 Å². The third kappa shape index (κ3) is 5.42. The number of nitrogens with one attached hydrogen (secondary N) is 2. The highest BCUT2D eigenvalue weighted by molar-refractivity contribution is 6.35. The lowest BCUT2D eigenvalue weighted by molar-refractivity contribution is -0.137. The molecule has 190 valence electrons. The molecule has 4 aromatic rings. The number of benzene rings is 2. The highest BCUT2D eigenvalue weighted by atomic mass is 35.5. The molecule has 1 unspecified atom stereocenters. The van der Waals surface area contributed by atoms with Crippen LogP contribution in [0.1, 0.15) is 41.6 Å². The van der Waals surface area contributed by atoms with E-state index in [0.717, 1.165) is 6.42 Å². The van der Waals surface area contributed by atoms with Crippen molar-refractivity contribution < 1.29 is 19.4 Å². The number of H-pyrrole nitrogens is 1. The second-order valence-electron chi connectivity index (χ2n) is 8.77. The number of aromatic nitrogens is 3. The number of rotatable bonds is 9. The van der Waals surface area contributed by atoms with Crippen LogP contribution in [0.15, 0.2) is 61.1 Å². The van der Waals surface area contributed by atoms with Crippen molar-refractivity contribution in [1.29, 1.82) is 0 Å². The Kier molecular flexibility index (Phi) is 7.34. The molecule has 3 N–H and O–H groups in total. The van der Waals surface area contributed by atoms with Crippen molar-refractivity contribution >= 4 is 40.1 Å². The van der Waals surface area contributed by atoms with Crippen LogP contribution in [-0.4, -0.2) is 56.0 Å². The van der Waals surface area contributed by atoms with Gasteiger partial charge in [0.25, 0.3) is 0 Å². The quantitative estimate of drug-likeness (QED) is 0.215. The van der Waals surface area contributed by atoms with E-state index < -0.39 is 6.23 Å². The lowest BCUT2D eigenvalue weighted by atomic mass is 10.0. The molecule has 0 saturated carbocycles. The second-order valence-corrected chi connectivity index (χ2v) is 9.18. The summed E-state index contributed by atoms with van der Waals surface area (Å²) >= 11 is 6.48. The summed E-state index contributed by atoms with van der Waals surface area (Å²) in [5.74, 6) is 1.34. The van der Waals surface area contributed by atoms with E-state index in [1.165, 1.54) is 11.2 Å². The number of anilines is 1. The zero-order valence-electron chi connectivity index (χ0n) is 20.0. The minimum atomic E-state index is -0.679. The molecule has 1 amide bonds. The second kappa shape index (κ2) is 11.0. The molecule has 10 heteroatoms. The maximum absolute atomic E-state index is 13.5. The Bertz CT molecular complexity index is 1430. The van der Waals surface area contributed by atoms with Crippen LogP contribution in [-0.2, 0) is 4.79 Å². The number of hydrogen-bond acceptors (Lipinski definition) is 7. The SMILES string of the molecule is O=C(c1ccc(Oc2ccccc2)cc1Cl)c1c[nH]c2ncnc(NCCCC(=O)N3CCCC3O)c12. The number of aliphatic hydroxyl groups is 1. The topological polar surface area (TPSA) is 120 Å². The summed E-state index contributed by atoms with van der Waals surface area (Å²) in [5.41, 5.74) is 1.22. The lowest BCUT2D eigenvalue weighted by Gasteiger charge is -2.20. The van der Waals surface area contributed by atoms with Gasteiger partial charge in [0.05, 0.1) is 16.0 Å². The summed E-state index contributed by atoms with van der Waals surface area (Å²) in [7, 11) is 0. The van der Waals surface area contributed by atoms with E-state index in [1.54, 1.807) is 24.4 Å². The molecule has 1 aliphatic rings. The van der Waals surface area contributed by atoms with Gasteiger partial charge < -0.3 is 25.0 Å². The number of para-hydroxylation sites is 1. The normalized spacial score (nSPS) is 15.2. The number of halogens is 1. The van der Waals surface area contributed by atoms with E-state index in [0.29, 0.717) is 71.8 Å². The summed E-state index contributed by atoms with van der Waals surface area (Å²) in [6.45, 7) is 1.06. The third-order valence-corrected chi connectivity index (χ3v) is 6.59. The number of nitrogens with zero attached hydrogens (tertiary/aromatic N) is 3. The van der Waals surface area contributed by atoms with Crippen molar-refractivity contribution in [3.05, 3.63) is 77.2 Å². The maximum Gasteiger partial charge on any atom is 0.224 e. The molecule has 0 bridgehead atoms. The van der Waals surface area contributed by atoms with Crippen LogP contribution in [0.3, 0.4) is 0 Å². The number of hydrogen-bond donors (Lipinski definition) is 3. The summed E-state index contributed by atoms with van der Waals surface area (Å²) < 4.78 is 5.81. The van der Waals surface area contributed by atoms with Crippen LogP contribution in [0.4, 0.5) is 5.82 Å². The number of carbonyl (C=O) groups is 2. The third-order valence-electron chi connectivity index (χ3n) is 6.28. The number of carbonyl (C=O) groups excluding carboxylic acids is 2. The summed E-state index contributed by atoms with van der Waals surface area (Å²) in [6.07, 6.45) is 4.63. The van der Waals surface area contributed by atoms with Crippen molar-refractivity contribution in [3.63, 3.8) is 0 Å². The molecule has 2 aromatic carbocycles. The number of aromatic amines is 1. The Hall–Kier alpha value is -3.95. The zero-order valence-corrected chi connectivity index (χ0v) is 20.7. The largest absolute Gasteiger partial charge is 0.457 e. The summed E-state index contributed by atoms with van der Waals surface area (Å²) in [4.78, 5) is 38.9. The first-order valence-corrected chi connectivity index (χ1v) is 12.5. The van der Waals surface area contributed by atoms with Gasteiger partial charge in [-0.1, -0.05) is 29.8 Å². The molecule has 2 aromatic heterocycles. The van der Waals surface area contributed by atoms with Gasteiger partial charge in [-0.3, -0.25) is 9.59 Å². The average Bonchev–Trinajstić information content (AvgIpc) is 3.53. The van der Waals surface area contributed by atoms with Crippen LogP contribution in [0.5, 0.6) is 11.5 Å².